The van der Waals surface area contributed by atoms with Crippen molar-refractivity contribution < 1.29 is 27.0 Å². The molecule has 0 saturated heterocycles. The Bertz CT molecular complexity index is 789. The Morgan fingerprint density at radius 3 is 2.62 bits per heavy atom. The van der Waals surface area contributed by atoms with Gasteiger partial charge in [-0.1, -0.05) is 0 Å². The lowest BCUT2D eigenvalue weighted by atomic mass is 10.2. The molecule has 1 heterocycles. The summed E-state index contributed by atoms with van der Waals surface area (Å²) in [6.07, 6.45) is 2.45. The first-order valence-electron chi connectivity index (χ1n) is 8.38. The zero-order chi connectivity index (χ0) is 20.5. The van der Waals surface area contributed by atoms with Crippen molar-refractivity contribution in [1.29, 1.82) is 0 Å². The quantitative estimate of drug-likeness (QED) is 0.223. The van der Waals surface area contributed by atoms with Crippen molar-refractivity contribution in [3.05, 3.63) is 42.0 Å². The lowest BCUT2D eigenvalue weighted by Crippen LogP contribution is -2.37. The van der Waals surface area contributed by atoms with Gasteiger partial charge in [-0.25, -0.2) is 9.98 Å². The highest BCUT2D eigenvalue weighted by Crippen LogP contribution is 2.26. The Hall–Kier alpha value is -2.25. The van der Waals surface area contributed by atoms with Crippen LogP contribution in [0.1, 0.15) is 24.9 Å². The van der Waals surface area contributed by atoms with Crippen molar-refractivity contribution in [2.24, 2.45) is 4.99 Å². The SMILES string of the molecule is CCNC(=NCc1cc(OC)ccc1OC(F)F)NCc1nccn1C(F)F.I. The van der Waals surface area contributed by atoms with Gasteiger partial charge in [-0.2, -0.15) is 17.6 Å². The number of guanidine groups is 1. The van der Waals surface area contributed by atoms with Crippen molar-refractivity contribution in [3.8, 4) is 11.5 Å². The number of ether oxygens (including phenoxy) is 2. The molecular formula is C17H22F4IN5O2. The van der Waals surface area contributed by atoms with Crippen LogP contribution in [-0.2, 0) is 13.1 Å². The molecule has 2 N–H and O–H groups in total. The summed E-state index contributed by atoms with van der Waals surface area (Å²) in [6, 6.07) is 4.41. The molecule has 1 aromatic carbocycles. The summed E-state index contributed by atoms with van der Waals surface area (Å²) >= 11 is 0. The second kappa shape index (κ2) is 12.3. The zero-order valence-corrected chi connectivity index (χ0v) is 18.1. The van der Waals surface area contributed by atoms with Crippen LogP contribution in [0.5, 0.6) is 11.5 Å². The first-order chi connectivity index (χ1) is 13.4. The van der Waals surface area contributed by atoms with Crippen LogP contribution in [0.3, 0.4) is 0 Å². The minimum absolute atomic E-state index is 0. The number of alkyl halides is 4. The summed E-state index contributed by atoms with van der Waals surface area (Å²) in [5.41, 5.74) is 0.380. The molecule has 0 radical (unpaired) electrons. The number of benzene rings is 1. The van der Waals surface area contributed by atoms with Crippen molar-refractivity contribution in [1.82, 2.24) is 20.2 Å². The largest absolute Gasteiger partial charge is 0.497 e. The number of methoxy groups -OCH3 is 1. The highest BCUT2D eigenvalue weighted by Gasteiger charge is 2.13. The van der Waals surface area contributed by atoms with E-state index in [0.29, 0.717) is 23.8 Å². The molecule has 0 spiro atoms. The maximum atomic E-state index is 12.9. The summed E-state index contributed by atoms with van der Waals surface area (Å²) in [6.45, 7) is -3.35. The number of aromatic nitrogens is 2. The first kappa shape index (κ1) is 24.8. The van der Waals surface area contributed by atoms with Crippen molar-refractivity contribution in [2.75, 3.05) is 13.7 Å². The smallest absolute Gasteiger partial charge is 0.387 e. The minimum atomic E-state index is -2.98. The third-order valence-electron chi connectivity index (χ3n) is 3.61. The van der Waals surface area contributed by atoms with Gasteiger partial charge in [0.15, 0.2) is 5.96 Å². The summed E-state index contributed by atoms with van der Waals surface area (Å²) < 4.78 is 61.3. The van der Waals surface area contributed by atoms with Gasteiger partial charge in [-0.15, -0.1) is 24.0 Å². The van der Waals surface area contributed by atoms with Crippen LogP contribution in [0.15, 0.2) is 35.6 Å². The Morgan fingerprint density at radius 2 is 2.00 bits per heavy atom. The summed E-state index contributed by atoms with van der Waals surface area (Å²) in [5.74, 6) is 0.869. The van der Waals surface area contributed by atoms with Crippen molar-refractivity contribution in [2.45, 2.75) is 33.2 Å². The Morgan fingerprint density at radius 1 is 1.24 bits per heavy atom. The van der Waals surface area contributed by atoms with Gasteiger partial charge >= 0.3 is 13.2 Å². The molecule has 162 valence electrons. The molecule has 0 bridgehead atoms. The van der Waals surface area contributed by atoms with Crippen LogP contribution in [-0.4, -0.2) is 35.8 Å². The van der Waals surface area contributed by atoms with Crippen LogP contribution < -0.4 is 20.1 Å². The number of imidazole rings is 1. The Kier molecular flexibility index (Phi) is 10.5. The zero-order valence-electron chi connectivity index (χ0n) is 15.7. The van der Waals surface area contributed by atoms with E-state index in [1.54, 1.807) is 0 Å². The van der Waals surface area contributed by atoms with Gasteiger partial charge in [0.25, 0.3) is 0 Å². The van der Waals surface area contributed by atoms with Crippen molar-refractivity contribution >= 4 is 29.9 Å². The van der Waals surface area contributed by atoms with E-state index in [0.717, 1.165) is 4.57 Å². The molecule has 7 nitrogen and oxygen atoms in total. The first-order valence-corrected chi connectivity index (χ1v) is 8.38. The predicted octanol–water partition coefficient (Wildman–Crippen LogP) is 3.76. The summed E-state index contributed by atoms with van der Waals surface area (Å²) in [4.78, 5) is 8.17. The molecule has 0 aliphatic carbocycles. The monoisotopic (exact) mass is 531 g/mol. The topological polar surface area (TPSA) is 72.7 Å². The van der Waals surface area contributed by atoms with E-state index in [9.17, 15) is 17.6 Å². The molecule has 0 amide bonds. The van der Waals surface area contributed by atoms with E-state index in [2.05, 4.69) is 25.3 Å². The summed E-state index contributed by atoms with van der Waals surface area (Å²) in [5, 5.41) is 5.83. The van der Waals surface area contributed by atoms with Crippen LogP contribution in [0, 0.1) is 0 Å². The molecule has 12 heteroatoms. The van der Waals surface area contributed by atoms with Gasteiger partial charge in [0, 0.05) is 24.5 Å². The third kappa shape index (κ3) is 7.59. The molecular weight excluding hydrogens is 509 g/mol. The average molecular weight is 531 g/mol. The number of rotatable bonds is 9. The van der Waals surface area contributed by atoms with E-state index in [-0.39, 0.29) is 48.6 Å². The van der Waals surface area contributed by atoms with Crippen LogP contribution in [0.4, 0.5) is 17.6 Å². The van der Waals surface area contributed by atoms with Gasteiger partial charge < -0.3 is 20.1 Å². The second-order valence-corrected chi connectivity index (χ2v) is 5.43. The lowest BCUT2D eigenvalue weighted by molar-refractivity contribution is -0.0504. The van der Waals surface area contributed by atoms with Gasteiger partial charge in [0.1, 0.15) is 17.3 Å². The molecule has 0 atom stereocenters. The lowest BCUT2D eigenvalue weighted by Gasteiger charge is -2.14. The molecule has 1 aromatic heterocycles. The van der Waals surface area contributed by atoms with Crippen LogP contribution >= 0.6 is 24.0 Å². The number of hydrogen-bond acceptors (Lipinski definition) is 4. The molecule has 2 aromatic rings. The Labute approximate surface area is 182 Å². The maximum absolute atomic E-state index is 12.9. The van der Waals surface area contributed by atoms with Crippen LogP contribution in [0.2, 0.25) is 0 Å². The fraction of sp³-hybridized carbons (Fsp3) is 0.412. The minimum Gasteiger partial charge on any atom is -0.497 e. The fourth-order valence-electron chi connectivity index (χ4n) is 2.34. The summed E-state index contributed by atoms with van der Waals surface area (Å²) in [7, 11) is 1.45. The number of hydrogen-bond donors (Lipinski definition) is 2. The molecule has 0 saturated carbocycles. The number of aliphatic imine (C=N–C) groups is 1. The van der Waals surface area contributed by atoms with E-state index in [4.69, 9.17) is 4.74 Å². The Balaban J connectivity index is 0.00000420. The average Bonchev–Trinajstić information content (AvgIpc) is 3.13. The maximum Gasteiger partial charge on any atom is 0.387 e. The van der Waals surface area contributed by atoms with E-state index in [1.807, 2.05) is 6.92 Å². The second-order valence-electron chi connectivity index (χ2n) is 5.43. The van der Waals surface area contributed by atoms with E-state index < -0.39 is 13.2 Å². The molecule has 2 rings (SSSR count). The molecule has 0 aliphatic rings. The van der Waals surface area contributed by atoms with Gasteiger partial charge in [-0.3, -0.25) is 4.57 Å². The van der Waals surface area contributed by atoms with Crippen molar-refractivity contribution in [3.63, 3.8) is 0 Å². The molecule has 29 heavy (non-hydrogen) atoms. The van der Waals surface area contributed by atoms with Gasteiger partial charge in [0.05, 0.1) is 20.2 Å². The number of nitrogens with zero attached hydrogens (tertiary/aromatic N) is 3. The van der Waals surface area contributed by atoms with E-state index in [1.165, 1.54) is 37.7 Å². The predicted molar refractivity (Wildman–Crippen MR) is 110 cm³/mol. The number of nitrogens with one attached hydrogen (secondary N) is 2. The molecule has 0 aliphatic heterocycles. The molecule has 0 fully saturated rings. The van der Waals surface area contributed by atoms with Gasteiger partial charge in [-0.05, 0) is 25.1 Å². The standard InChI is InChI=1S/C17H21F4N5O2.HI/c1-3-22-17(25-10-14-23-6-7-26(14)15(18)19)24-9-11-8-12(27-2)4-5-13(11)28-16(20)21;/h4-8,15-16H,3,9-10H2,1-2H3,(H2,22,24,25);1H. The van der Waals surface area contributed by atoms with Gasteiger partial charge in [0.2, 0.25) is 0 Å². The molecule has 0 unspecified atom stereocenters. The highest BCUT2D eigenvalue weighted by atomic mass is 127. The number of halogens is 5. The highest BCUT2D eigenvalue weighted by molar-refractivity contribution is 14.0. The van der Waals surface area contributed by atoms with E-state index >= 15 is 0 Å². The normalized spacial score (nSPS) is 11.4. The fourth-order valence-corrected chi connectivity index (χ4v) is 2.34. The van der Waals surface area contributed by atoms with Crippen LogP contribution in [0.25, 0.3) is 0 Å². The third-order valence-corrected chi connectivity index (χ3v) is 3.61.